The third-order valence-corrected chi connectivity index (χ3v) is 5.65. The maximum absolute atomic E-state index is 12.6. The highest BCUT2D eigenvalue weighted by Gasteiger charge is 2.37. The first-order valence-electron chi connectivity index (χ1n) is 8.33. The zero-order valence-corrected chi connectivity index (χ0v) is 14.9. The van der Waals surface area contributed by atoms with Crippen molar-refractivity contribution in [2.45, 2.75) is 17.6 Å². The number of aliphatic carboxylic acids is 1. The summed E-state index contributed by atoms with van der Waals surface area (Å²) >= 11 is 1.76. The lowest BCUT2D eigenvalue weighted by Gasteiger charge is -2.16. The van der Waals surface area contributed by atoms with Crippen LogP contribution in [0.5, 0.6) is 0 Å². The molecular formula is C20H21NO3S. The van der Waals surface area contributed by atoms with Crippen molar-refractivity contribution >= 4 is 23.6 Å². The Bertz CT molecular complexity index is 745. The van der Waals surface area contributed by atoms with Gasteiger partial charge in [0.05, 0.1) is 5.92 Å². The van der Waals surface area contributed by atoms with Gasteiger partial charge in [-0.25, -0.2) is 0 Å². The van der Waals surface area contributed by atoms with E-state index in [1.807, 2.05) is 49.4 Å². The smallest absolute Gasteiger partial charge is 0.308 e. The number of nitrogens with zero attached hydrogens (tertiary/aromatic N) is 1. The number of hydrogen-bond acceptors (Lipinski definition) is 3. The summed E-state index contributed by atoms with van der Waals surface area (Å²) < 4.78 is 0. The molecule has 1 fully saturated rings. The largest absolute Gasteiger partial charge is 0.481 e. The van der Waals surface area contributed by atoms with Crippen LogP contribution in [0.3, 0.4) is 0 Å². The maximum Gasteiger partial charge on any atom is 0.308 e. The SMILES string of the molecule is C[C@@H]1CN(C(=O)c2ccc(CSc3ccccc3)cc2)C[C@H]1C(=O)O. The number of carboxylic acid groups (broad SMARTS) is 1. The lowest BCUT2D eigenvalue weighted by atomic mass is 9.99. The molecular weight excluding hydrogens is 334 g/mol. The van der Waals surface area contributed by atoms with Gasteiger partial charge in [0.1, 0.15) is 0 Å². The average Bonchev–Trinajstić information content (AvgIpc) is 3.03. The molecule has 2 atom stereocenters. The van der Waals surface area contributed by atoms with E-state index in [1.165, 1.54) is 4.90 Å². The lowest BCUT2D eigenvalue weighted by Crippen LogP contribution is -2.29. The van der Waals surface area contributed by atoms with Crippen molar-refractivity contribution in [1.29, 1.82) is 0 Å². The zero-order chi connectivity index (χ0) is 17.8. The fourth-order valence-electron chi connectivity index (χ4n) is 3.06. The molecule has 1 amide bonds. The molecule has 2 aromatic rings. The summed E-state index contributed by atoms with van der Waals surface area (Å²) in [5.41, 5.74) is 1.77. The van der Waals surface area contributed by atoms with Crippen LogP contribution in [-0.4, -0.2) is 35.0 Å². The molecule has 1 heterocycles. The maximum atomic E-state index is 12.6. The molecule has 130 valence electrons. The van der Waals surface area contributed by atoms with E-state index in [9.17, 15) is 14.7 Å². The van der Waals surface area contributed by atoms with Gasteiger partial charge in [-0.15, -0.1) is 11.8 Å². The van der Waals surface area contributed by atoms with Crippen LogP contribution in [0, 0.1) is 11.8 Å². The summed E-state index contributed by atoms with van der Waals surface area (Å²) in [5.74, 6) is -0.539. The molecule has 2 aromatic carbocycles. The van der Waals surface area contributed by atoms with E-state index >= 15 is 0 Å². The first-order chi connectivity index (χ1) is 12.0. The van der Waals surface area contributed by atoms with Crippen LogP contribution in [-0.2, 0) is 10.5 Å². The Morgan fingerprint density at radius 2 is 1.76 bits per heavy atom. The van der Waals surface area contributed by atoms with Gasteiger partial charge < -0.3 is 10.0 Å². The molecule has 4 nitrogen and oxygen atoms in total. The van der Waals surface area contributed by atoms with Crippen LogP contribution < -0.4 is 0 Å². The van der Waals surface area contributed by atoms with E-state index in [0.29, 0.717) is 18.7 Å². The van der Waals surface area contributed by atoms with Gasteiger partial charge in [-0.3, -0.25) is 9.59 Å². The molecule has 3 rings (SSSR count). The van der Waals surface area contributed by atoms with Crippen molar-refractivity contribution in [1.82, 2.24) is 4.90 Å². The molecule has 0 spiro atoms. The van der Waals surface area contributed by atoms with E-state index in [4.69, 9.17) is 0 Å². The summed E-state index contributed by atoms with van der Waals surface area (Å²) in [4.78, 5) is 26.7. The van der Waals surface area contributed by atoms with E-state index in [1.54, 1.807) is 16.7 Å². The Balaban J connectivity index is 1.60. The number of thioether (sulfide) groups is 1. The van der Waals surface area contributed by atoms with Crippen molar-refractivity contribution in [3.63, 3.8) is 0 Å². The Morgan fingerprint density at radius 1 is 1.08 bits per heavy atom. The third-order valence-electron chi connectivity index (χ3n) is 4.57. The molecule has 0 aromatic heterocycles. The summed E-state index contributed by atoms with van der Waals surface area (Å²) in [6.07, 6.45) is 0. The van der Waals surface area contributed by atoms with Crippen molar-refractivity contribution in [2.24, 2.45) is 11.8 Å². The third kappa shape index (κ3) is 4.23. The summed E-state index contributed by atoms with van der Waals surface area (Å²) in [6, 6.07) is 17.8. The second kappa shape index (κ2) is 7.74. The van der Waals surface area contributed by atoms with Crippen LogP contribution in [0.4, 0.5) is 0 Å². The molecule has 1 saturated heterocycles. The number of carbonyl (C=O) groups is 2. The van der Waals surface area contributed by atoms with Crippen molar-refractivity contribution in [2.75, 3.05) is 13.1 Å². The Labute approximate surface area is 151 Å². The Kier molecular flexibility index (Phi) is 5.43. The number of hydrogen-bond donors (Lipinski definition) is 1. The highest BCUT2D eigenvalue weighted by Crippen LogP contribution is 2.26. The minimum absolute atomic E-state index is 0.0111. The number of likely N-dealkylation sites (tertiary alicyclic amines) is 1. The molecule has 0 bridgehead atoms. The van der Waals surface area contributed by atoms with E-state index in [2.05, 4.69) is 12.1 Å². The monoisotopic (exact) mass is 355 g/mol. The number of benzene rings is 2. The van der Waals surface area contributed by atoms with E-state index < -0.39 is 11.9 Å². The van der Waals surface area contributed by atoms with Crippen LogP contribution in [0.1, 0.15) is 22.8 Å². The van der Waals surface area contributed by atoms with Gasteiger partial charge >= 0.3 is 5.97 Å². The molecule has 0 aliphatic carbocycles. The van der Waals surface area contributed by atoms with Gasteiger partial charge in [0.2, 0.25) is 0 Å². The topological polar surface area (TPSA) is 57.6 Å². The predicted molar refractivity (Wildman–Crippen MR) is 98.6 cm³/mol. The first kappa shape index (κ1) is 17.5. The summed E-state index contributed by atoms with van der Waals surface area (Å²) in [5, 5.41) is 9.20. The van der Waals surface area contributed by atoms with Crippen molar-refractivity contribution in [3.8, 4) is 0 Å². The second-order valence-corrected chi connectivity index (χ2v) is 7.48. The molecule has 25 heavy (non-hydrogen) atoms. The minimum Gasteiger partial charge on any atom is -0.481 e. The van der Waals surface area contributed by atoms with Gasteiger partial charge in [0, 0.05) is 29.3 Å². The Hall–Kier alpha value is -2.27. The van der Waals surface area contributed by atoms with Gasteiger partial charge in [0.25, 0.3) is 5.91 Å². The zero-order valence-electron chi connectivity index (χ0n) is 14.1. The molecule has 1 N–H and O–H groups in total. The standard InChI is InChI=1S/C20H21NO3S/c1-14-11-21(12-18(14)20(23)24)19(22)16-9-7-15(8-10-16)13-25-17-5-3-2-4-6-17/h2-10,14,18H,11-13H2,1H3,(H,23,24)/t14-,18-/m1/s1. The summed E-state index contributed by atoms with van der Waals surface area (Å²) in [6.45, 7) is 2.68. The van der Waals surface area contributed by atoms with Gasteiger partial charge in [-0.2, -0.15) is 0 Å². The summed E-state index contributed by atoms with van der Waals surface area (Å²) in [7, 11) is 0. The average molecular weight is 355 g/mol. The molecule has 1 aliphatic heterocycles. The number of carboxylic acids is 1. The van der Waals surface area contributed by atoms with Crippen LogP contribution in [0.15, 0.2) is 59.5 Å². The highest BCUT2D eigenvalue weighted by atomic mass is 32.2. The lowest BCUT2D eigenvalue weighted by molar-refractivity contribution is -0.142. The predicted octanol–water partition coefficient (Wildman–Crippen LogP) is 3.77. The number of amides is 1. The minimum atomic E-state index is -0.823. The number of carbonyl (C=O) groups excluding carboxylic acids is 1. The fourth-order valence-corrected chi connectivity index (χ4v) is 3.94. The van der Waals surface area contributed by atoms with E-state index in [-0.39, 0.29) is 11.8 Å². The van der Waals surface area contributed by atoms with Crippen molar-refractivity contribution in [3.05, 3.63) is 65.7 Å². The van der Waals surface area contributed by atoms with E-state index in [0.717, 1.165) is 11.3 Å². The van der Waals surface area contributed by atoms with Crippen LogP contribution in [0.2, 0.25) is 0 Å². The normalized spacial score (nSPS) is 19.8. The highest BCUT2D eigenvalue weighted by molar-refractivity contribution is 7.98. The fraction of sp³-hybridized carbons (Fsp3) is 0.300. The molecule has 1 aliphatic rings. The van der Waals surface area contributed by atoms with Gasteiger partial charge in [-0.1, -0.05) is 37.3 Å². The van der Waals surface area contributed by atoms with Crippen LogP contribution in [0.25, 0.3) is 0 Å². The first-order valence-corrected chi connectivity index (χ1v) is 9.32. The van der Waals surface area contributed by atoms with Crippen LogP contribution >= 0.6 is 11.8 Å². The molecule has 5 heteroatoms. The molecule has 0 unspecified atom stereocenters. The molecule has 0 saturated carbocycles. The van der Waals surface area contributed by atoms with Gasteiger partial charge in [-0.05, 0) is 35.7 Å². The van der Waals surface area contributed by atoms with Crippen molar-refractivity contribution < 1.29 is 14.7 Å². The molecule has 0 radical (unpaired) electrons. The Morgan fingerprint density at radius 3 is 2.36 bits per heavy atom. The second-order valence-electron chi connectivity index (χ2n) is 6.43. The number of rotatable bonds is 5. The quantitative estimate of drug-likeness (QED) is 0.830. The van der Waals surface area contributed by atoms with Gasteiger partial charge in [0.15, 0.2) is 0 Å².